The van der Waals surface area contributed by atoms with Gasteiger partial charge in [-0.1, -0.05) is 60.7 Å². The lowest BCUT2D eigenvalue weighted by atomic mass is 9.79. The van der Waals surface area contributed by atoms with E-state index in [1.165, 1.54) is 20.9 Å². The highest BCUT2D eigenvalue weighted by atomic mass is 16.6. The Morgan fingerprint density at radius 2 is 1.09 bits per heavy atom. The largest absolute Gasteiger partial charge is 0.444 e. The summed E-state index contributed by atoms with van der Waals surface area (Å²) in [4.78, 5) is 55.2. The van der Waals surface area contributed by atoms with Crippen molar-refractivity contribution in [3.05, 3.63) is 102 Å². The molecule has 2 heterocycles. The van der Waals surface area contributed by atoms with Gasteiger partial charge in [0.05, 0.1) is 0 Å². The summed E-state index contributed by atoms with van der Waals surface area (Å²) in [6.07, 6.45) is 4.91. The van der Waals surface area contributed by atoms with E-state index in [1.54, 1.807) is 0 Å². The summed E-state index contributed by atoms with van der Waals surface area (Å²) < 4.78 is 11.1. The molecule has 4 amide bonds. The van der Waals surface area contributed by atoms with E-state index in [0.717, 1.165) is 30.4 Å². The van der Waals surface area contributed by atoms with Crippen molar-refractivity contribution in [2.24, 2.45) is 0 Å². The fourth-order valence-electron chi connectivity index (χ4n) is 7.60. The Morgan fingerprint density at radius 1 is 0.623 bits per heavy atom. The third-order valence-electron chi connectivity index (χ3n) is 9.95. The molecule has 0 bridgehead atoms. The van der Waals surface area contributed by atoms with Gasteiger partial charge in [-0.15, -0.1) is 0 Å². The second-order valence-corrected chi connectivity index (χ2v) is 16.2. The van der Waals surface area contributed by atoms with Crippen LogP contribution >= 0.6 is 0 Å². The van der Waals surface area contributed by atoms with E-state index >= 15 is 0 Å². The number of hydrogen-bond acceptors (Lipinski definition) is 6. The van der Waals surface area contributed by atoms with E-state index in [1.807, 2.05) is 84.0 Å². The SMILES string of the molecule is CC(C)(C)OC(=O)N1CCC[C@H]1C(=O)Nc1ccc(C2=CCC(c3ccc(NC(=O)[C@@H]4CCCN4C(=O)OC(C)(C)C)cc3)C2c2ccccc2)cc1. The first-order valence-electron chi connectivity index (χ1n) is 18.7. The molecule has 280 valence electrons. The molecule has 2 saturated heterocycles. The lowest BCUT2D eigenvalue weighted by Gasteiger charge is -2.28. The predicted molar refractivity (Wildman–Crippen MR) is 207 cm³/mol. The first-order chi connectivity index (χ1) is 25.2. The smallest absolute Gasteiger partial charge is 0.410 e. The van der Waals surface area contributed by atoms with Crippen molar-refractivity contribution in [2.75, 3.05) is 23.7 Å². The van der Waals surface area contributed by atoms with E-state index in [0.29, 0.717) is 37.3 Å². The third-order valence-corrected chi connectivity index (χ3v) is 9.95. The molecule has 2 aliphatic heterocycles. The maximum absolute atomic E-state index is 13.3. The number of nitrogens with one attached hydrogen (secondary N) is 2. The first-order valence-corrected chi connectivity index (χ1v) is 18.7. The second kappa shape index (κ2) is 15.5. The van der Waals surface area contributed by atoms with Crippen molar-refractivity contribution in [2.45, 2.75) is 109 Å². The molecule has 53 heavy (non-hydrogen) atoms. The molecule has 0 radical (unpaired) electrons. The lowest BCUT2D eigenvalue weighted by molar-refractivity contribution is -0.121. The summed E-state index contributed by atoms with van der Waals surface area (Å²) in [7, 11) is 0. The van der Waals surface area contributed by atoms with Crippen LogP contribution in [0, 0.1) is 0 Å². The van der Waals surface area contributed by atoms with Crippen LogP contribution in [0.1, 0.15) is 102 Å². The number of ether oxygens (including phenoxy) is 2. The van der Waals surface area contributed by atoms with Gasteiger partial charge in [-0.3, -0.25) is 19.4 Å². The van der Waals surface area contributed by atoms with Gasteiger partial charge < -0.3 is 20.1 Å². The summed E-state index contributed by atoms with van der Waals surface area (Å²) in [5.41, 5.74) is 4.75. The van der Waals surface area contributed by atoms with Crippen LogP contribution in [-0.2, 0) is 19.1 Å². The predicted octanol–water partition coefficient (Wildman–Crippen LogP) is 8.72. The van der Waals surface area contributed by atoms with Crippen molar-refractivity contribution in [1.82, 2.24) is 9.80 Å². The maximum Gasteiger partial charge on any atom is 0.410 e. The zero-order valence-corrected chi connectivity index (χ0v) is 31.7. The minimum atomic E-state index is -0.632. The monoisotopic (exact) mass is 720 g/mol. The molecule has 6 rings (SSSR count). The summed E-state index contributed by atoms with van der Waals surface area (Å²) in [6.45, 7) is 11.9. The van der Waals surface area contributed by atoms with E-state index in [9.17, 15) is 19.2 Å². The summed E-state index contributed by atoms with van der Waals surface area (Å²) in [5, 5.41) is 6.04. The second-order valence-electron chi connectivity index (χ2n) is 16.2. The number of anilines is 2. The molecular weight excluding hydrogens is 668 g/mol. The molecule has 3 aromatic rings. The number of hydrogen-bond donors (Lipinski definition) is 2. The quantitative estimate of drug-likeness (QED) is 0.252. The van der Waals surface area contributed by atoms with Gasteiger partial charge in [-0.05, 0) is 126 Å². The molecule has 3 aliphatic rings. The molecule has 0 spiro atoms. The molecule has 10 nitrogen and oxygen atoms in total. The molecule has 0 saturated carbocycles. The van der Waals surface area contributed by atoms with Gasteiger partial charge in [-0.2, -0.15) is 0 Å². The fourth-order valence-corrected chi connectivity index (χ4v) is 7.60. The van der Waals surface area contributed by atoms with Crippen LogP contribution in [0.25, 0.3) is 5.57 Å². The van der Waals surface area contributed by atoms with Crippen LogP contribution in [0.4, 0.5) is 21.0 Å². The molecule has 4 atom stereocenters. The van der Waals surface area contributed by atoms with Crippen LogP contribution in [0.3, 0.4) is 0 Å². The molecule has 2 unspecified atom stereocenters. The average Bonchev–Trinajstić information content (AvgIpc) is 3.88. The van der Waals surface area contributed by atoms with Crippen LogP contribution < -0.4 is 10.6 Å². The highest BCUT2D eigenvalue weighted by molar-refractivity contribution is 5.98. The Hall–Kier alpha value is -5.12. The Balaban J connectivity index is 1.13. The van der Waals surface area contributed by atoms with Crippen molar-refractivity contribution in [1.29, 1.82) is 0 Å². The minimum Gasteiger partial charge on any atom is -0.444 e. The maximum atomic E-state index is 13.3. The topological polar surface area (TPSA) is 117 Å². The van der Waals surface area contributed by atoms with Crippen molar-refractivity contribution in [3.8, 4) is 0 Å². The molecule has 2 fully saturated rings. The van der Waals surface area contributed by atoms with Gasteiger partial charge in [0.2, 0.25) is 11.8 Å². The van der Waals surface area contributed by atoms with Gasteiger partial charge in [0.1, 0.15) is 23.3 Å². The Bertz CT molecular complexity index is 1830. The Kier molecular flexibility index (Phi) is 11.0. The molecular formula is C43H52N4O6. The van der Waals surface area contributed by atoms with E-state index in [2.05, 4.69) is 53.1 Å². The highest BCUT2D eigenvalue weighted by Crippen LogP contribution is 2.50. The summed E-state index contributed by atoms with van der Waals surface area (Å²) >= 11 is 0. The van der Waals surface area contributed by atoms with Gasteiger partial charge in [0.15, 0.2) is 0 Å². The lowest BCUT2D eigenvalue weighted by Crippen LogP contribution is -2.45. The van der Waals surface area contributed by atoms with E-state index in [-0.39, 0.29) is 23.7 Å². The fraction of sp³-hybridized carbons (Fsp3) is 0.442. The average molecular weight is 721 g/mol. The summed E-state index contributed by atoms with van der Waals surface area (Å²) in [6, 6.07) is 25.3. The van der Waals surface area contributed by atoms with E-state index < -0.39 is 35.5 Å². The number of carbonyl (C=O) groups is 4. The highest BCUT2D eigenvalue weighted by Gasteiger charge is 2.38. The van der Waals surface area contributed by atoms with Crippen LogP contribution in [-0.4, -0.2) is 70.2 Å². The molecule has 3 aromatic carbocycles. The number of amides is 4. The number of carbonyl (C=O) groups excluding carboxylic acids is 4. The van der Waals surface area contributed by atoms with Gasteiger partial charge in [0.25, 0.3) is 0 Å². The first kappa shape index (κ1) is 37.6. The van der Waals surface area contributed by atoms with Crippen LogP contribution in [0.15, 0.2) is 84.9 Å². The van der Waals surface area contributed by atoms with Crippen molar-refractivity contribution in [3.63, 3.8) is 0 Å². The molecule has 1 aliphatic carbocycles. The molecule has 0 aromatic heterocycles. The number of nitrogens with zero attached hydrogens (tertiary/aromatic N) is 2. The molecule has 2 N–H and O–H groups in total. The third kappa shape index (κ3) is 9.10. The van der Waals surface area contributed by atoms with Crippen LogP contribution in [0.5, 0.6) is 0 Å². The van der Waals surface area contributed by atoms with Crippen molar-refractivity contribution < 1.29 is 28.7 Å². The summed E-state index contributed by atoms with van der Waals surface area (Å²) in [5.74, 6) is -0.155. The van der Waals surface area contributed by atoms with Gasteiger partial charge >= 0.3 is 12.2 Å². The normalized spacial score (nSPS) is 21.6. The van der Waals surface area contributed by atoms with Gasteiger partial charge in [0, 0.05) is 30.4 Å². The van der Waals surface area contributed by atoms with Crippen LogP contribution in [0.2, 0.25) is 0 Å². The Morgan fingerprint density at radius 3 is 1.57 bits per heavy atom. The zero-order valence-electron chi connectivity index (χ0n) is 31.7. The minimum absolute atomic E-state index is 0.0961. The number of likely N-dealkylation sites (tertiary alicyclic amines) is 2. The number of allylic oxidation sites excluding steroid dienone is 2. The zero-order chi connectivity index (χ0) is 37.9. The standard InChI is InChI=1S/C43H52N4O6/c1-42(2,3)52-40(50)46-26-10-14-35(46)38(48)44-31-20-16-28(17-21-31)33-24-25-34(37(33)30-12-8-7-9-13-30)29-18-22-32(23-19-29)45-39(49)36-15-11-27-47(36)41(51)53-43(4,5)6/h7-9,12-13,16-24,34-37H,10-11,14-15,25-27H2,1-6H3,(H,44,48)(H,45,49)/t34?,35-,36-,37?/m0/s1. The van der Waals surface area contributed by atoms with Gasteiger partial charge in [-0.25, -0.2) is 9.59 Å². The van der Waals surface area contributed by atoms with E-state index in [4.69, 9.17) is 9.47 Å². The van der Waals surface area contributed by atoms with Crippen molar-refractivity contribution >= 4 is 40.9 Å². The Labute approximate surface area is 312 Å². The number of benzene rings is 3. The number of rotatable bonds is 7. The molecule has 10 heteroatoms.